The van der Waals surface area contributed by atoms with Crippen LogP contribution in [0.15, 0.2) is 0 Å². The number of hydrogen-bond acceptors (Lipinski definition) is 4. The van der Waals surface area contributed by atoms with Crippen molar-refractivity contribution in [3.8, 4) is 6.07 Å². The Morgan fingerprint density at radius 3 is 2.82 bits per heavy atom. The molecule has 0 radical (unpaired) electrons. The highest BCUT2D eigenvalue weighted by atomic mass is 16.5. The molecule has 1 rings (SSSR count). The minimum Gasteiger partial charge on any atom is -0.380 e. The predicted molar refractivity (Wildman–Crippen MR) is 68.8 cm³/mol. The van der Waals surface area contributed by atoms with Gasteiger partial charge in [0, 0.05) is 12.6 Å². The predicted octanol–water partition coefficient (Wildman–Crippen LogP) is 1.38. The zero-order valence-corrected chi connectivity index (χ0v) is 11.3. The fourth-order valence-corrected chi connectivity index (χ4v) is 2.13. The maximum Gasteiger partial charge on any atom is 0.103 e. The summed E-state index contributed by atoms with van der Waals surface area (Å²) in [6, 6.07) is 2.93. The van der Waals surface area contributed by atoms with Gasteiger partial charge < -0.3 is 15.0 Å². The van der Waals surface area contributed by atoms with Crippen LogP contribution >= 0.6 is 0 Å². The van der Waals surface area contributed by atoms with Crippen molar-refractivity contribution in [3.63, 3.8) is 0 Å². The van der Waals surface area contributed by atoms with Crippen LogP contribution in [0.1, 0.15) is 32.6 Å². The Morgan fingerprint density at radius 2 is 2.29 bits per heavy atom. The van der Waals surface area contributed by atoms with Crippen molar-refractivity contribution in [1.82, 2.24) is 10.2 Å². The number of hydrogen-bond donors (Lipinski definition) is 1. The van der Waals surface area contributed by atoms with Crippen molar-refractivity contribution in [3.05, 3.63) is 0 Å². The van der Waals surface area contributed by atoms with E-state index in [4.69, 9.17) is 10.00 Å². The molecule has 4 heteroatoms. The molecule has 0 spiro atoms. The minimum atomic E-state index is -0.366. The molecule has 1 aliphatic rings. The Balaban J connectivity index is 2.13. The standard InChI is InChI=1S/C13H25N3O/c1-13(11-14,15-2)7-4-5-8-16(3)12-6-9-17-10-12/h12,15H,4-10H2,1-3H3. The number of nitrogens with one attached hydrogen (secondary N) is 1. The van der Waals surface area contributed by atoms with Crippen molar-refractivity contribution in [2.75, 3.05) is 33.9 Å². The van der Waals surface area contributed by atoms with Gasteiger partial charge in [-0.15, -0.1) is 0 Å². The molecule has 17 heavy (non-hydrogen) atoms. The fourth-order valence-electron chi connectivity index (χ4n) is 2.13. The van der Waals surface area contributed by atoms with Gasteiger partial charge in [0.25, 0.3) is 0 Å². The normalized spacial score (nSPS) is 23.6. The lowest BCUT2D eigenvalue weighted by atomic mass is 9.97. The van der Waals surface area contributed by atoms with Gasteiger partial charge in [-0.3, -0.25) is 0 Å². The van der Waals surface area contributed by atoms with E-state index in [1.165, 1.54) is 0 Å². The zero-order valence-electron chi connectivity index (χ0n) is 11.3. The lowest BCUT2D eigenvalue weighted by Gasteiger charge is -2.24. The fraction of sp³-hybridized carbons (Fsp3) is 0.923. The van der Waals surface area contributed by atoms with Gasteiger partial charge in [0.15, 0.2) is 0 Å². The lowest BCUT2D eigenvalue weighted by Crippen LogP contribution is -2.38. The second kappa shape index (κ2) is 6.95. The highest BCUT2D eigenvalue weighted by molar-refractivity contribution is 5.02. The summed E-state index contributed by atoms with van der Waals surface area (Å²) in [5, 5.41) is 12.1. The summed E-state index contributed by atoms with van der Waals surface area (Å²) in [6.07, 6.45) is 4.30. The molecular weight excluding hydrogens is 214 g/mol. The number of unbranched alkanes of at least 4 members (excludes halogenated alkanes) is 1. The van der Waals surface area contributed by atoms with Gasteiger partial charge in [-0.05, 0) is 53.2 Å². The molecule has 0 aromatic rings. The van der Waals surface area contributed by atoms with E-state index in [1.807, 2.05) is 14.0 Å². The first-order valence-electron chi connectivity index (χ1n) is 6.49. The average Bonchev–Trinajstić information content (AvgIpc) is 2.88. The Kier molecular flexibility index (Phi) is 5.90. The minimum absolute atomic E-state index is 0.366. The summed E-state index contributed by atoms with van der Waals surface area (Å²) in [6.45, 7) is 4.84. The van der Waals surface area contributed by atoms with Crippen molar-refractivity contribution in [2.24, 2.45) is 0 Å². The molecule has 0 aliphatic carbocycles. The van der Waals surface area contributed by atoms with Crippen LogP contribution in [0.5, 0.6) is 0 Å². The average molecular weight is 239 g/mol. The third-order valence-corrected chi connectivity index (χ3v) is 3.77. The van der Waals surface area contributed by atoms with E-state index in [1.54, 1.807) is 0 Å². The third kappa shape index (κ3) is 4.63. The highest BCUT2D eigenvalue weighted by Gasteiger charge is 2.22. The van der Waals surface area contributed by atoms with Gasteiger partial charge in [0.05, 0.1) is 12.7 Å². The summed E-state index contributed by atoms with van der Waals surface area (Å²) >= 11 is 0. The van der Waals surface area contributed by atoms with E-state index in [0.29, 0.717) is 6.04 Å². The van der Waals surface area contributed by atoms with Crippen LogP contribution in [0.3, 0.4) is 0 Å². The summed E-state index contributed by atoms with van der Waals surface area (Å²) < 4.78 is 5.38. The van der Waals surface area contributed by atoms with Crippen LogP contribution in [-0.2, 0) is 4.74 Å². The molecule has 98 valence electrons. The van der Waals surface area contributed by atoms with E-state index in [9.17, 15) is 0 Å². The van der Waals surface area contributed by atoms with Gasteiger partial charge in [-0.1, -0.05) is 0 Å². The molecule has 1 N–H and O–H groups in total. The SMILES string of the molecule is CNC(C)(C#N)CCCCN(C)C1CCOC1. The van der Waals surface area contributed by atoms with Crippen LogP contribution < -0.4 is 5.32 Å². The Hall–Kier alpha value is -0.630. The molecule has 1 fully saturated rings. The zero-order chi connectivity index (χ0) is 12.7. The number of nitriles is 1. The highest BCUT2D eigenvalue weighted by Crippen LogP contribution is 2.14. The largest absolute Gasteiger partial charge is 0.380 e. The number of nitrogens with zero attached hydrogens (tertiary/aromatic N) is 2. The van der Waals surface area contributed by atoms with E-state index in [2.05, 4.69) is 23.3 Å². The monoisotopic (exact) mass is 239 g/mol. The first-order valence-corrected chi connectivity index (χ1v) is 6.49. The molecule has 0 bridgehead atoms. The van der Waals surface area contributed by atoms with Gasteiger partial charge in [0.1, 0.15) is 5.54 Å². The van der Waals surface area contributed by atoms with Crippen molar-refractivity contribution < 1.29 is 4.74 Å². The van der Waals surface area contributed by atoms with Crippen LogP contribution in [-0.4, -0.2) is 50.3 Å². The third-order valence-electron chi connectivity index (χ3n) is 3.77. The van der Waals surface area contributed by atoms with Crippen LogP contribution in [0.25, 0.3) is 0 Å². The Bertz CT molecular complexity index is 258. The Morgan fingerprint density at radius 1 is 1.53 bits per heavy atom. The second-order valence-electron chi connectivity index (χ2n) is 5.15. The van der Waals surface area contributed by atoms with E-state index in [0.717, 1.165) is 45.4 Å². The molecule has 2 atom stereocenters. The van der Waals surface area contributed by atoms with Crippen molar-refractivity contribution in [1.29, 1.82) is 5.26 Å². The van der Waals surface area contributed by atoms with Gasteiger partial charge in [0.2, 0.25) is 0 Å². The number of rotatable bonds is 7. The maximum absolute atomic E-state index is 9.03. The summed E-state index contributed by atoms with van der Waals surface area (Å²) in [4.78, 5) is 2.39. The van der Waals surface area contributed by atoms with Crippen molar-refractivity contribution in [2.45, 2.75) is 44.2 Å². The summed E-state index contributed by atoms with van der Waals surface area (Å²) in [7, 11) is 4.02. The molecule has 0 aromatic heterocycles. The molecule has 4 nitrogen and oxygen atoms in total. The smallest absolute Gasteiger partial charge is 0.103 e. The number of likely N-dealkylation sites (N-methyl/N-ethyl adjacent to an activating group) is 1. The molecular formula is C13H25N3O. The molecule has 0 amide bonds. The van der Waals surface area contributed by atoms with Crippen LogP contribution in [0, 0.1) is 11.3 Å². The van der Waals surface area contributed by atoms with Crippen LogP contribution in [0.2, 0.25) is 0 Å². The first kappa shape index (κ1) is 14.4. The maximum atomic E-state index is 9.03. The number of ether oxygens (including phenoxy) is 1. The topological polar surface area (TPSA) is 48.3 Å². The van der Waals surface area contributed by atoms with E-state index < -0.39 is 0 Å². The van der Waals surface area contributed by atoms with Gasteiger partial charge >= 0.3 is 0 Å². The first-order chi connectivity index (χ1) is 8.11. The van der Waals surface area contributed by atoms with Crippen molar-refractivity contribution >= 4 is 0 Å². The van der Waals surface area contributed by atoms with Gasteiger partial charge in [-0.2, -0.15) is 5.26 Å². The molecule has 0 aromatic carbocycles. The molecule has 1 heterocycles. The quantitative estimate of drug-likeness (QED) is 0.682. The molecule has 2 unspecified atom stereocenters. The molecule has 1 aliphatic heterocycles. The van der Waals surface area contributed by atoms with Gasteiger partial charge in [-0.25, -0.2) is 0 Å². The van der Waals surface area contributed by atoms with Crippen LogP contribution in [0.4, 0.5) is 0 Å². The van der Waals surface area contributed by atoms with E-state index >= 15 is 0 Å². The van der Waals surface area contributed by atoms with E-state index in [-0.39, 0.29) is 5.54 Å². The summed E-state index contributed by atoms with van der Waals surface area (Å²) in [5.41, 5.74) is -0.366. The summed E-state index contributed by atoms with van der Waals surface area (Å²) in [5.74, 6) is 0. The second-order valence-corrected chi connectivity index (χ2v) is 5.15. The lowest BCUT2D eigenvalue weighted by molar-refractivity contribution is 0.158. The molecule has 1 saturated heterocycles. The molecule has 0 saturated carbocycles. The Labute approximate surface area is 105 Å².